The number of hydrogen-bond donors (Lipinski definition) is 4. The topological polar surface area (TPSA) is 128 Å². The smallest absolute Gasteiger partial charge is 0.407 e. The molecule has 1 aromatic carbocycles. The lowest BCUT2D eigenvalue weighted by Crippen LogP contribution is -2.51. The maximum Gasteiger partial charge on any atom is 0.407 e. The summed E-state index contributed by atoms with van der Waals surface area (Å²) >= 11 is 3.46. The van der Waals surface area contributed by atoms with Gasteiger partial charge in [0.1, 0.15) is 17.7 Å². The first kappa shape index (κ1) is 29.7. The predicted molar refractivity (Wildman–Crippen MR) is 178 cm³/mol. The van der Waals surface area contributed by atoms with Gasteiger partial charge in [-0.2, -0.15) is 0 Å². The van der Waals surface area contributed by atoms with Gasteiger partial charge in [0, 0.05) is 40.2 Å². The number of methoxy groups -OCH3 is 1. The normalized spacial score (nSPS) is 19.1. The van der Waals surface area contributed by atoms with Gasteiger partial charge in [-0.15, -0.1) is 22.7 Å². The summed E-state index contributed by atoms with van der Waals surface area (Å²) < 4.78 is 7.20. The standard InChI is InChI=1S/C33H37N7O3S2/c1-18(2)27(39-33(42)43-3)32(41)40-13-7-11-26(40)31-36-15-25(38-31)22-17-45-28-21(16-44-29(22)28)19-8-4-5-9-20(19)24-14-35-30(37-24)23-10-6-12-34-23/h4-5,8-9,14-18,23,26-27,34H,6-7,10-13H2,1-3H3,(H,35,37)(H,36,38)(H,39,42). The highest BCUT2D eigenvalue weighted by Crippen LogP contribution is 2.46. The van der Waals surface area contributed by atoms with Gasteiger partial charge in [-0.25, -0.2) is 14.8 Å². The molecule has 2 amide bonds. The van der Waals surface area contributed by atoms with Crippen molar-refractivity contribution in [2.75, 3.05) is 20.2 Å². The fourth-order valence-electron chi connectivity index (χ4n) is 6.54. The average Bonchev–Trinajstić information content (AvgIpc) is 3.87. The number of ether oxygens (including phenoxy) is 1. The molecule has 0 radical (unpaired) electrons. The first-order valence-corrected chi connectivity index (χ1v) is 17.3. The second-order valence-electron chi connectivity index (χ2n) is 12.1. The maximum absolute atomic E-state index is 13.6. The summed E-state index contributed by atoms with van der Waals surface area (Å²) in [6, 6.07) is 7.96. The van der Waals surface area contributed by atoms with Crippen LogP contribution in [0.3, 0.4) is 0 Å². The summed E-state index contributed by atoms with van der Waals surface area (Å²) in [6.07, 6.45) is 7.26. The van der Waals surface area contributed by atoms with Crippen molar-refractivity contribution in [1.82, 2.24) is 35.5 Å². The number of hydrogen-bond acceptors (Lipinski definition) is 8. The predicted octanol–water partition coefficient (Wildman–Crippen LogP) is 6.88. The van der Waals surface area contributed by atoms with Gasteiger partial charge in [0.05, 0.1) is 46.2 Å². The van der Waals surface area contributed by atoms with Crippen LogP contribution in [0.4, 0.5) is 4.79 Å². The van der Waals surface area contributed by atoms with Crippen LogP contribution < -0.4 is 10.6 Å². The van der Waals surface area contributed by atoms with Crippen molar-refractivity contribution in [2.24, 2.45) is 5.92 Å². The van der Waals surface area contributed by atoms with Crippen molar-refractivity contribution in [3.05, 3.63) is 59.1 Å². The van der Waals surface area contributed by atoms with E-state index in [0.29, 0.717) is 12.6 Å². The maximum atomic E-state index is 13.6. The third-order valence-electron chi connectivity index (χ3n) is 8.89. The lowest BCUT2D eigenvalue weighted by Gasteiger charge is -2.29. The van der Waals surface area contributed by atoms with E-state index < -0.39 is 12.1 Å². The van der Waals surface area contributed by atoms with E-state index in [-0.39, 0.29) is 17.9 Å². The van der Waals surface area contributed by atoms with Gasteiger partial charge < -0.3 is 30.2 Å². The molecule has 2 aliphatic heterocycles. The number of benzene rings is 1. The number of rotatable bonds is 8. The number of carbonyl (C=O) groups excluding carboxylic acids is 2. The number of carbonyl (C=O) groups is 2. The number of aromatic nitrogens is 4. The molecular weight excluding hydrogens is 607 g/mol. The first-order chi connectivity index (χ1) is 21.9. The fourth-order valence-corrected chi connectivity index (χ4v) is 8.96. The zero-order valence-corrected chi connectivity index (χ0v) is 27.2. The van der Waals surface area contributed by atoms with Crippen LogP contribution in [0.2, 0.25) is 0 Å². The van der Waals surface area contributed by atoms with Crippen molar-refractivity contribution in [3.63, 3.8) is 0 Å². The lowest BCUT2D eigenvalue weighted by atomic mass is 10.00. The highest BCUT2D eigenvalue weighted by Gasteiger charge is 2.37. The average molecular weight is 644 g/mol. The summed E-state index contributed by atoms with van der Waals surface area (Å²) in [6.45, 7) is 5.50. The zero-order valence-electron chi connectivity index (χ0n) is 25.6. The van der Waals surface area contributed by atoms with Crippen molar-refractivity contribution < 1.29 is 14.3 Å². The molecule has 6 heterocycles. The summed E-state index contributed by atoms with van der Waals surface area (Å²) in [5, 5.41) is 10.7. The molecule has 4 N–H and O–H groups in total. The van der Waals surface area contributed by atoms with Crippen LogP contribution in [0, 0.1) is 5.92 Å². The van der Waals surface area contributed by atoms with Crippen LogP contribution in [-0.4, -0.2) is 63.1 Å². The van der Waals surface area contributed by atoms with Crippen molar-refractivity contribution in [2.45, 2.75) is 57.7 Å². The Bertz CT molecular complexity index is 1830. The second kappa shape index (κ2) is 12.4. The van der Waals surface area contributed by atoms with E-state index in [1.165, 1.54) is 34.1 Å². The highest BCUT2D eigenvalue weighted by atomic mass is 32.1. The molecule has 2 saturated heterocycles. The van der Waals surface area contributed by atoms with Crippen molar-refractivity contribution in [3.8, 4) is 33.6 Å². The molecule has 7 rings (SSSR count). The van der Waals surface area contributed by atoms with Crippen LogP contribution in [0.1, 0.15) is 63.3 Å². The summed E-state index contributed by atoms with van der Waals surface area (Å²) in [5.74, 6) is 1.58. The Morgan fingerprint density at radius 3 is 2.56 bits per heavy atom. The third kappa shape index (κ3) is 5.55. The molecule has 4 aromatic heterocycles. The molecule has 3 unspecified atom stereocenters. The Morgan fingerprint density at radius 2 is 1.80 bits per heavy atom. The molecule has 0 bridgehead atoms. The molecular formula is C33H37N7O3S2. The molecule has 12 heteroatoms. The van der Waals surface area contributed by atoms with E-state index in [9.17, 15) is 9.59 Å². The molecule has 234 valence electrons. The lowest BCUT2D eigenvalue weighted by molar-refractivity contribution is -0.135. The monoisotopic (exact) mass is 643 g/mol. The number of imidazole rings is 2. The van der Waals surface area contributed by atoms with Crippen LogP contribution >= 0.6 is 22.7 Å². The number of thiophene rings is 2. The Kier molecular flexibility index (Phi) is 8.19. The Balaban J connectivity index is 1.15. The third-order valence-corrected chi connectivity index (χ3v) is 11.1. The summed E-state index contributed by atoms with van der Waals surface area (Å²) in [4.78, 5) is 44.1. The van der Waals surface area contributed by atoms with Gasteiger partial charge >= 0.3 is 6.09 Å². The minimum Gasteiger partial charge on any atom is -0.453 e. The minimum absolute atomic E-state index is 0.0816. The molecule has 45 heavy (non-hydrogen) atoms. The highest BCUT2D eigenvalue weighted by molar-refractivity contribution is 7.27. The number of H-pyrrole nitrogens is 2. The Labute approximate surface area is 269 Å². The van der Waals surface area contributed by atoms with E-state index in [4.69, 9.17) is 14.7 Å². The number of nitrogens with zero attached hydrogens (tertiary/aromatic N) is 3. The van der Waals surface area contributed by atoms with Gasteiger partial charge in [-0.3, -0.25) is 4.79 Å². The van der Waals surface area contributed by atoms with Gasteiger partial charge in [0.25, 0.3) is 0 Å². The quantitative estimate of drug-likeness (QED) is 0.146. The molecule has 10 nitrogen and oxygen atoms in total. The first-order valence-electron chi connectivity index (χ1n) is 15.5. The van der Waals surface area contributed by atoms with Gasteiger partial charge in [0.15, 0.2) is 0 Å². The van der Waals surface area contributed by atoms with E-state index in [1.807, 2.05) is 31.1 Å². The molecule has 2 aliphatic rings. The van der Waals surface area contributed by atoms with Crippen LogP contribution in [0.5, 0.6) is 0 Å². The van der Waals surface area contributed by atoms with E-state index in [1.54, 1.807) is 22.7 Å². The number of aromatic amines is 2. The largest absolute Gasteiger partial charge is 0.453 e. The van der Waals surface area contributed by atoms with Crippen molar-refractivity contribution >= 4 is 44.1 Å². The Hall–Kier alpha value is -4.00. The molecule has 2 fully saturated rings. The van der Waals surface area contributed by atoms with E-state index in [0.717, 1.165) is 60.0 Å². The second-order valence-corrected chi connectivity index (χ2v) is 13.8. The van der Waals surface area contributed by atoms with Gasteiger partial charge in [0.2, 0.25) is 5.91 Å². The molecule has 0 spiro atoms. The SMILES string of the molecule is COC(=O)NC(C(=O)N1CCCC1c1nc(-c2csc3c(-c4ccccc4-c4cnc(C5CCCN5)[nH]4)csc23)c[nH]1)C(C)C. The van der Waals surface area contributed by atoms with E-state index >= 15 is 0 Å². The fraction of sp³-hybridized carbons (Fsp3) is 0.394. The van der Waals surface area contributed by atoms with Crippen LogP contribution in [0.25, 0.3) is 43.0 Å². The molecule has 0 aliphatic carbocycles. The summed E-state index contributed by atoms with van der Waals surface area (Å²) in [5.41, 5.74) is 6.50. The molecule has 0 saturated carbocycles. The van der Waals surface area contributed by atoms with Gasteiger partial charge in [-0.1, -0.05) is 38.1 Å². The van der Waals surface area contributed by atoms with E-state index in [2.05, 4.69) is 55.6 Å². The van der Waals surface area contributed by atoms with Crippen LogP contribution in [0.15, 0.2) is 47.4 Å². The number of alkyl carbamates (subject to hydrolysis) is 1. The number of nitrogens with one attached hydrogen (secondary N) is 4. The molecule has 5 aromatic rings. The minimum atomic E-state index is -0.663. The number of amides is 2. The van der Waals surface area contributed by atoms with Gasteiger partial charge in [-0.05, 0) is 43.7 Å². The molecule has 3 atom stereocenters. The van der Waals surface area contributed by atoms with Crippen LogP contribution in [-0.2, 0) is 9.53 Å². The van der Waals surface area contributed by atoms with Crippen molar-refractivity contribution in [1.29, 1.82) is 0 Å². The number of fused-ring (bicyclic) bond motifs is 1. The Morgan fingerprint density at radius 1 is 1.02 bits per heavy atom. The zero-order chi connectivity index (χ0) is 31.1. The summed E-state index contributed by atoms with van der Waals surface area (Å²) in [7, 11) is 1.31. The number of likely N-dealkylation sites (tertiary alicyclic amines) is 1.